The zero-order chi connectivity index (χ0) is 8.91. The lowest BCUT2D eigenvalue weighted by molar-refractivity contribution is 0.154. The summed E-state index contributed by atoms with van der Waals surface area (Å²) in [7, 11) is -2.01. The first-order valence-corrected chi connectivity index (χ1v) is 4.96. The van der Waals surface area contributed by atoms with Gasteiger partial charge < -0.3 is 19.4 Å². The molecular formula is C4H13BNO4P. The van der Waals surface area contributed by atoms with Crippen molar-refractivity contribution in [1.29, 1.82) is 5.16 Å². The van der Waals surface area contributed by atoms with Crippen LogP contribution < -0.4 is 0 Å². The Bertz CT molecular complexity index is 145. The second-order valence-corrected chi connectivity index (χ2v) is 3.64. The second kappa shape index (κ2) is 4.90. The van der Waals surface area contributed by atoms with Crippen LogP contribution in [0.1, 0.15) is 0 Å². The first-order chi connectivity index (χ1) is 4.99. The Morgan fingerprint density at radius 1 is 1.55 bits per heavy atom. The second-order valence-electron chi connectivity index (χ2n) is 2.30. The molecule has 0 unspecified atom stereocenters. The predicted octanol–water partition coefficient (Wildman–Crippen LogP) is -0.828. The molecule has 0 amide bonds. The molecule has 0 heterocycles. The number of hydrogen-bond donors (Lipinski definition) is 4. The zero-order valence-electron chi connectivity index (χ0n) is 6.40. The molecule has 5 nitrogen and oxygen atoms in total. The van der Waals surface area contributed by atoms with E-state index in [0.29, 0.717) is 6.32 Å². The van der Waals surface area contributed by atoms with Crippen molar-refractivity contribution in [3.63, 3.8) is 0 Å². The molecule has 0 aromatic carbocycles. The van der Waals surface area contributed by atoms with Crippen LogP contribution in [0.25, 0.3) is 0 Å². The maximum Gasteiger partial charge on any atom is 0.347 e. The van der Waals surface area contributed by atoms with Gasteiger partial charge in [-0.3, -0.25) is 0 Å². The van der Waals surface area contributed by atoms with E-state index in [1.807, 2.05) is 7.85 Å². The quantitative estimate of drug-likeness (QED) is 0.329. The zero-order valence-corrected chi connectivity index (χ0v) is 7.29. The van der Waals surface area contributed by atoms with Crippen LogP contribution in [0.5, 0.6) is 0 Å². The predicted molar refractivity (Wildman–Crippen MR) is 44.0 cm³/mol. The van der Waals surface area contributed by atoms with Gasteiger partial charge in [0.15, 0.2) is 0 Å². The highest BCUT2D eigenvalue weighted by atomic mass is 31.2. The van der Waals surface area contributed by atoms with Gasteiger partial charge in [0.25, 0.3) is 0 Å². The third-order valence-corrected chi connectivity index (χ3v) is 1.83. The van der Waals surface area contributed by atoms with Crippen LogP contribution in [0.15, 0.2) is 0 Å². The van der Waals surface area contributed by atoms with Gasteiger partial charge in [-0.15, -0.1) is 0 Å². The average molecular weight is 181 g/mol. The standard InChI is InChI=1S/C4H13BNO4P/c5-1-4(2-7)3-10-11(6,8)9/h4,7H,1-3,5H2,(H3,6,8,9)/t4-/m0/s1. The first-order valence-electron chi connectivity index (χ1n) is 3.34. The van der Waals surface area contributed by atoms with Crippen LogP contribution >= 0.6 is 7.74 Å². The lowest BCUT2D eigenvalue weighted by atomic mass is 9.93. The van der Waals surface area contributed by atoms with Crippen LogP contribution in [0, 0.1) is 11.1 Å². The Morgan fingerprint density at radius 3 is 2.36 bits per heavy atom. The fourth-order valence-electron chi connectivity index (χ4n) is 0.509. The van der Waals surface area contributed by atoms with Gasteiger partial charge in [0.2, 0.25) is 0 Å². The molecule has 0 fully saturated rings. The highest BCUT2D eigenvalue weighted by Gasteiger charge is 2.12. The normalized spacial score (nSPS) is 14.8. The minimum atomic E-state index is -3.86. The van der Waals surface area contributed by atoms with Gasteiger partial charge in [0.05, 0.1) is 6.61 Å². The summed E-state index contributed by atoms with van der Waals surface area (Å²) in [4.78, 5) is 17.0. The molecule has 1 atom stereocenters. The van der Waals surface area contributed by atoms with Crippen molar-refractivity contribution < 1.29 is 19.4 Å². The van der Waals surface area contributed by atoms with Crippen molar-refractivity contribution in [2.24, 2.45) is 5.92 Å². The molecular weight excluding hydrogens is 168 g/mol. The summed E-state index contributed by atoms with van der Waals surface area (Å²) in [6, 6.07) is 0. The molecule has 0 rings (SSSR count). The van der Waals surface area contributed by atoms with Gasteiger partial charge in [-0.05, 0) is 5.92 Å². The molecule has 0 aliphatic carbocycles. The Hall–Kier alpha value is 0.135. The van der Waals surface area contributed by atoms with E-state index >= 15 is 0 Å². The van der Waals surface area contributed by atoms with E-state index in [1.54, 1.807) is 0 Å². The van der Waals surface area contributed by atoms with E-state index in [0.717, 1.165) is 0 Å². The third kappa shape index (κ3) is 6.53. The minimum Gasteiger partial charge on any atom is -0.396 e. The van der Waals surface area contributed by atoms with E-state index in [-0.39, 0.29) is 19.1 Å². The van der Waals surface area contributed by atoms with Gasteiger partial charge >= 0.3 is 7.74 Å². The fourth-order valence-corrected chi connectivity index (χ4v) is 0.928. The number of rotatable bonds is 5. The SMILES string of the molecule is BC[C@@H](CO)COP(=N)(O)O. The van der Waals surface area contributed by atoms with Gasteiger partial charge in [-0.2, -0.15) is 0 Å². The summed E-state index contributed by atoms with van der Waals surface area (Å²) in [5.74, 6) is -0.112. The van der Waals surface area contributed by atoms with Gasteiger partial charge in [0, 0.05) is 6.61 Å². The van der Waals surface area contributed by atoms with E-state index in [4.69, 9.17) is 20.1 Å². The highest BCUT2D eigenvalue weighted by Crippen LogP contribution is 2.37. The molecule has 0 spiro atoms. The fraction of sp³-hybridized carbons (Fsp3) is 1.00. The Labute approximate surface area is 66.5 Å². The van der Waals surface area contributed by atoms with E-state index in [1.165, 1.54) is 0 Å². The van der Waals surface area contributed by atoms with Gasteiger partial charge in [-0.25, -0.2) is 5.16 Å². The first kappa shape index (κ1) is 11.1. The molecule has 0 saturated carbocycles. The molecule has 0 aliphatic heterocycles. The number of aliphatic hydroxyl groups excluding tert-OH is 1. The summed E-state index contributed by atoms with van der Waals surface area (Å²) < 4.78 is 4.40. The highest BCUT2D eigenvalue weighted by molar-refractivity contribution is 7.47. The Balaban J connectivity index is 3.59. The summed E-state index contributed by atoms with van der Waals surface area (Å²) in [6.07, 6.45) is 0.691. The lowest BCUT2D eigenvalue weighted by Crippen LogP contribution is -2.12. The molecule has 0 aliphatic rings. The molecule has 0 aromatic rings. The van der Waals surface area contributed by atoms with Gasteiger partial charge in [-0.1, -0.05) is 6.32 Å². The molecule has 0 saturated heterocycles. The molecule has 7 heteroatoms. The Kier molecular flexibility index (Phi) is 4.96. The Morgan fingerprint density at radius 2 is 2.09 bits per heavy atom. The van der Waals surface area contributed by atoms with Crippen LogP contribution in [0.3, 0.4) is 0 Å². The van der Waals surface area contributed by atoms with E-state index in [9.17, 15) is 0 Å². The van der Waals surface area contributed by atoms with Crippen molar-refractivity contribution in [1.82, 2.24) is 0 Å². The molecule has 4 N–H and O–H groups in total. The van der Waals surface area contributed by atoms with E-state index in [2.05, 4.69) is 4.52 Å². The van der Waals surface area contributed by atoms with Crippen molar-refractivity contribution in [3.05, 3.63) is 0 Å². The molecule has 0 radical (unpaired) electrons. The smallest absolute Gasteiger partial charge is 0.347 e. The number of aliphatic hydroxyl groups is 1. The van der Waals surface area contributed by atoms with Crippen LogP contribution in [-0.2, 0) is 4.52 Å². The van der Waals surface area contributed by atoms with Crippen LogP contribution in [0.4, 0.5) is 0 Å². The molecule has 0 bridgehead atoms. The van der Waals surface area contributed by atoms with E-state index < -0.39 is 7.74 Å². The molecule has 0 aromatic heterocycles. The largest absolute Gasteiger partial charge is 0.396 e. The third-order valence-electron chi connectivity index (χ3n) is 1.33. The maximum absolute atomic E-state index is 8.63. The summed E-state index contributed by atoms with van der Waals surface area (Å²) >= 11 is 0. The number of hydrogen-bond acceptors (Lipinski definition) is 3. The average Bonchev–Trinajstić information content (AvgIpc) is 1.88. The van der Waals surface area contributed by atoms with Crippen LogP contribution in [-0.4, -0.2) is 36.0 Å². The van der Waals surface area contributed by atoms with Crippen molar-refractivity contribution in [3.8, 4) is 0 Å². The maximum atomic E-state index is 8.63. The summed E-state index contributed by atoms with van der Waals surface area (Å²) in [6.45, 7) is -0.0340. The van der Waals surface area contributed by atoms with Crippen molar-refractivity contribution in [2.75, 3.05) is 13.2 Å². The lowest BCUT2D eigenvalue weighted by Gasteiger charge is -2.13. The molecule has 11 heavy (non-hydrogen) atoms. The van der Waals surface area contributed by atoms with Crippen molar-refractivity contribution in [2.45, 2.75) is 6.32 Å². The van der Waals surface area contributed by atoms with Gasteiger partial charge in [0.1, 0.15) is 7.85 Å². The van der Waals surface area contributed by atoms with Crippen LogP contribution in [0.2, 0.25) is 6.32 Å². The summed E-state index contributed by atoms with van der Waals surface area (Å²) in [5.41, 5.74) is 0. The minimum absolute atomic E-state index is 0.0251. The number of nitrogens with one attached hydrogen (secondary N) is 1. The van der Waals surface area contributed by atoms with Crippen molar-refractivity contribution >= 4 is 15.6 Å². The monoisotopic (exact) mass is 181 g/mol. The molecule has 66 valence electrons. The topological polar surface area (TPSA) is 93.8 Å². The summed E-state index contributed by atoms with van der Waals surface area (Å²) in [5, 5.41) is 15.2.